The Morgan fingerprint density at radius 3 is 2.84 bits per heavy atom. The molecule has 1 aliphatic carbocycles. The maximum atomic E-state index is 14.6. The second kappa shape index (κ2) is 7.25. The van der Waals surface area contributed by atoms with Crippen LogP contribution in [0.1, 0.15) is 39.0 Å². The van der Waals surface area contributed by atoms with Crippen LogP contribution in [0.2, 0.25) is 0 Å². The summed E-state index contributed by atoms with van der Waals surface area (Å²) < 4.78 is 19.9. The highest BCUT2D eigenvalue weighted by Crippen LogP contribution is 2.38. The van der Waals surface area contributed by atoms with Crippen LogP contribution in [-0.2, 0) is 9.59 Å². The molecule has 0 radical (unpaired) electrons. The highest BCUT2D eigenvalue weighted by molar-refractivity contribution is 6.06. The summed E-state index contributed by atoms with van der Waals surface area (Å²) in [6.07, 6.45) is 6.38. The fourth-order valence-corrected chi connectivity index (χ4v) is 3.29. The molecule has 0 spiro atoms. The van der Waals surface area contributed by atoms with E-state index < -0.39 is 5.82 Å². The molecule has 5 nitrogen and oxygen atoms in total. The van der Waals surface area contributed by atoms with E-state index in [1.54, 1.807) is 18.0 Å². The second-order valence-corrected chi connectivity index (χ2v) is 6.44. The molecular formula is C19H23FN2O3. The van der Waals surface area contributed by atoms with E-state index in [0.29, 0.717) is 18.0 Å². The number of allylic oxidation sites excluding steroid dienone is 1. The summed E-state index contributed by atoms with van der Waals surface area (Å²) in [7, 11) is 1.57. The predicted octanol–water partition coefficient (Wildman–Crippen LogP) is 3.42. The Labute approximate surface area is 147 Å². The predicted molar refractivity (Wildman–Crippen MR) is 94.5 cm³/mol. The third-order valence-electron chi connectivity index (χ3n) is 4.65. The van der Waals surface area contributed by atoms with Crippen LogP contribution < -0.4 is 14.5 Å². The van der Waals surface area contributed by atoms with E-state index in [1.165, 1.54) is 11.0 Å². The van der Waals surface area contributed by atoms with Gasteiger partial charge in [-0.1, -0.05) is 13.0 Å². The SMILES string of the molecule is CCCN1C(=O)COc2cc(F)c(N(C)C(=O)C3=CCCCC3)cc21. The van der Waals surface area contributed by atoms with Gasteiger partial charge in [0.2, 0.25) is 0 Å². The molecule has 1 aromatic carbocycles. The van der Waals surface area contributed by atoms with E-state index in [-0.39, 0.29) is 24.1 Å². The number of halogens is 1. The van der Waals surface area contributed by atoms with E-state index in [4.69, 9.17) is 4.74 Å². The van der Waals surface area contributed by atoms with Crippen LogP contribution in [0.3, 0.4) is 0 Å². The van der Waals surface area contributed by atoms with Crippen molar-refractivity contribution in [3.8, 4) is 5.75 Å². The highest BCUT2D eigenvalue weighted by atomic mass is 19.1. The number of likely N-dealkylation sites (N-methyl/N-ethyl adjacent to an activating group) is 1. The topological polar surface area (TPSA) is 49.9 Å². The highest BCUT2D eigenvalue weighted by Gasteiger charge is 2.29. The van der Waals surface area contributed by atoms with Crippen molar-refractivity contribution < 1.29 is 18.7 Å². The first-order valence-corrected chi connectivity index (χ1v) is 8.76. The average Bonchev–Trinajstić information content (AvgIpc) is 2.63. The normalized spacial score (nSPS) is 16.8. The largest absolute Gasteiger partial charge is 0.481 e. The lowest BCUT2D eigenvalue weighted by Crippen LogP contribution is -2.39. The molecule has 0 fully saturated rings. The maximum Gasteiger partial charge on any atom is 0.265 e. The number of ether oxygens (including phenoxy) is 1. The number of rotatable bonds is 4. The van der Waals surface area contributed by atoms with Gasteiger partial charge in [0.05, 0.1) is 11.4 Å². The second-order valence-electron chi connectivity index (χ2n) is 6.44. The quantitative estimate of drug-likeness (QED) is 0.839. The fraction of sp³-hybridized carbons (Fsp3) is 0.474. The van der Waals surface area contributed by atoms with Crippen molar-refractivity contribution in [2.75, 3.05) is 30.0 Å². The number of fused-ring (bicyclic) bond motifs is 1. The molecule has 134 valence electrons. The van der Waals surface area contributed by atoms with E-state index in [1.807, 2.05) is 13.0 Å². The first-order chi connectivity index (χ1) is 12.0. The number of anilines is 2. The van der Waals surface area contributed by atoms with Crippen LogP contribution >= 0.6 is 0 Å². The Kier molecular flexibility index (Phi) is 5.06. The molecule has 0 N–H and O–H groups in total. The molecule has 25 heavy (non-hydrogen) atoms. The van der Waals surface area contributed by atoms with E-state index in [0.717, 1.165) is 37.7 Å². The number of hydrogen-bond acceptors (Lipinski definition) is 3. The minimum absolute atomic E-state index is 0.0898. The molecule has 2 amide bonds. The maximum absolute atomic E-state index is 14.6. The smallest absolute Gasteiger partial charge is 0.265 e. The fourth-order valence-electron chi connectivity index (χ4n) is 3.29. The van der Waals surface area contributed by atoms with Crippen molar-refractivity contribution in [1.82, 2.24) is 0 Å². The van der Waals surface area contributed by atoms with Gasteiger partial charge < -0.3 is 14.5 Å². The van der Waals surface area contributed by atoms with Gasteiger partial charge in [-0.05, 0) is 38.2 Å². The van der Waals surface area contributed by atoms with Crippen molar-refractivity contribution >= 4 is 23.2 Å². The Bertz CT molecular complexity index is 730. The third kappa shape index (κ3) is 3.38. The summed E-state index contributed by atoms with van der Waals surface area (Å²) in [6.45, 7) is 2.41. The number of carbonyl (C=O) groups is 2. The Balaban J connectivity index is 1.95. The summed E-state index contributed by atoms with van der Waals surface area (Å²) in [4.78, 5) is 27.7. The first-order valence-electron chi connectivity index (χ1n) is 8.76. The van der Waals surface area contributed by atoms with Gasteiger partial charge in [-0.3, -0.25) is 9.59 Å². The lowest BCUT2D eigenvalue weighted by molar-refractivity contribution is -0.121. The molecule has 0 aromatic heterocycles. The van der Waals surface area contributed by atoms with Gasteiger partial charge in [-0.2, -0.15) is 0 Å². The molecule has 6 heteroatoms. The van der Waals surface area contributed by atoms with Crippen LogP contribution in [0.4, 0.5) is 15.8 Å². The molecule has 1 aromatic rings. The van der Waals surface area contributed by atoms with E-state index >= 15 is 0 Å². The Morgan fingerprint density at radius 2 is 2.16 bits per heavy atom. The number of amides is 2. The molecule has 1 aliphatic heterocycles. The summed E-state index contributed by atoms with van der Waals surface area (Å²) >= 11 is 0. The lowest BCUT2D eigenvalue weighted by atomic mass is 9.98. The zero-order valence-electron chi connectivity index (χ0n) is 14.7. The molecular weight excluding hydrogens is 323 g/mol. The number of benzene rings is 1. The molecule has 1 heterocycles. The Hall–Kier alpha value is -2.37. The Morgan fingerprint density at radius 1 is 1.36 bits per heavy atom. The molecule has 0 bridgehead atoms. The van der Waals surface area contributed by atoms with Gasteiger partial charge in [0.1, 0.15) is 5.75 Å². The van der Waals surface area contributed by atoms with E-state index in [9.17, 15) is 14.0 Å². The van der Waals surface area contributed by atoms with Crippen LogP contribution in [0.25, 0.3) is 0 Å². The van der Waals surface area contributed by atoms with Crippen molar-refractivity contribution in [1.29, 1.82) is 0 Å². The molecule has 0 unspecified atom stereocenters. The van der Waals surface area contributed by atoms with Crippen LogP contribution in [0, 0.1) is 5.82 Å². The monoisotopic (exact) mass is 346 g/mol. The average molecular weight is 346 g/mol. The summed E-state index contributed by atoms with van der Waals surface area (Å²) in [5.41, 5.74) is 1.41. The molecule has 3 rings (SSSR count). The summed E-state index contributed by atoms with van der Waals surface area (Å²) in [5.74, 6) is -0.539. The van der Waals surface area contributed by atoms with Gasteiger partial charge >= 0.3 is 0 Å². The minimum Gasteiger partial charge on any atom is -0.481 e. The van der Waals surface area contributed by atoms with Crippen LogP contribution in [0.5, 0.6) is 5.75 Å². The molecule has 2 aliphatic rings. The number of nitrogens with zero attached hydrogens (tertiary/aromatic N) is 2. The zero-order valence-corrected chi connectivity index (χ0v) is 14.7. The van der Waals surface area contributed by atoms with Gasteiger partial charge in [-0.15, -0.1) is 0 Å². The zero-order chi connectivity index (χ0) is 18.0. The number of carbonyl (C=O) groups excluding carboxylic acids is 2. The third-order valence-corrected chi connectivity index (χ3v) is 4.65. The minimum atomic E-state index is -0.531. The number of hydrogen-bond donors (Lipinski definition) is 0. The van der Waals surface area contributed by atoms with Gasteiger partial charge in [0.15, 0.2) is 12.4 Å². The van der Waals surface area contributed by atoms with Crippen LogP contribution in [0.15, 0.2) is 23.8 Å². The van der Waals surface area contributed by atoms with E-state index in [2.05, 4.69) is 0 Å². The standard InChI is InChI=1S/C19H23FN2O3/c1-3-9-22-16-11-15(14(20)10-17(16)25-12-18(22)23)21(2)19(24)13-7-5-4-6-8-13/h7,10-11H,3-6,8-9,12H2,1-2H3. The van der Waals surface area contributed by atoms with Gasteiger partial charge in [-0.25, -0.2) is 4.39 Å². The van der Waals surface area contributed by atoms with Crippen molar-refractivity contribution in [2.45, 2.75) is 39.0 Å². The van der Waals surface area contributed by atoms with Crippen LogP contribution in [-0.4, -0.2) is 32.0 Å². The lowest BCUT2D eigenvalue weighted by Gasteiger charge is -2.31. The summed E-state index contributed by atoms with van der Waals surface area (Å²) in [5, 5.41) is 0. The van der Waals surface area contributed by atoms with Gasteiger partial charge in [0.25, 0.3) is 11.8 Å². The molecule has 0 atom stereocenters. The van der Waals surface area contributed by atoms with Gasteiger partial charge in [0, 0.05) is 25.2 Å². The van der Waals surface area contributed by atoms with Crippen molar-refractivity contribution in [3.63, 3.8) is 0 Å². The molecule has 0 saturated carbocycles. The van der Waals surface area contributed by atoms with Crippen molar-refractivity contribution in [2.24, 2.45) is 0 Å². The van der Waals surface area contributed by atoms with Crippen molar-refractivity contribution in [3.05, 3.63) is 29.6 Å². The molecule has 0 saturated heterocycles. The first kappa shape index (κ1) is 17.5. The summed E-state index contributed by atoms with van der Waals surface area (Å²) in [6, 6.07) is 2.80.